The fourth-order valence-electron chi connectivity index (χ4n) is 1.54. The average Bonchev–Trinajstić information content (AvgIpc) is 2.32. The van der Waals surface area contributed by atoms with Crippen molar-refractivity contribution in [3.63, 3.8) is 0 Å². The van der Waals surface area contributed by atoms with Crippen molar-refractivity contribution < 1.29 is 15.0 Å². The molecule has 0 aliphatic carbocycles. The van der Waals surface area contributed by atoms with Crippen LogP contribution in [0.15, 0.2) is 11.1 Å². The van der Waals surface area contributed by atoms with E-state index in [9.17, 15) is 15.0 Å². The lowest BCUT2D eigenvalue weighted by molar-refractivity contribution is 0.256. The Morgan fingerprint density at radius 2 is 1.84 bits per heavy atom. The number of amides is 2. The van der Waals surface area contributed by atoms with Crippen molar-refractivity contribution in [2.75, 3.05) is 11.9 Å². The van der Waals surface area contributed by atoms with E-state index < -0.39 is 6.03 Å². The number of rotatable bonds is 2. The summed E-state index contributed by atoms with van der Waals surface area (Å²) in [6.45, 7) is 5.49. The molecule has 1 aromatic rings. The maximum absolute atomic E-state index is 11.7. The number of nitrogens with zero attached hydrogens (tertiary/aromatic N) is 1. The smallest absolute Gasteiger partial charge is 0.326 e. The van der Waals surface area contributed by atoms with Gasteiger partial charge in [-0.15, -0.1) is 0 Å². The summed E-state index contributed by atoms with van der Waals surface area (Å²) < 4.78 is 0. The standard InChI is InChI=1S/C12H18N4O3/c1-4-14-11(13)16-12(19)15-10-6(2)8(17)5-9(18)7(10)3/h5,17-18H,4H2,1-3H3,(H4,13,14,15,16,19). The summed E-state index contributed by atoms with van der Waals surface area (Å²) >= 11 is 0. The third kappa shape index (κ3) is 3.51. The minimum absolute atomic E-state index is 0.000295. The summed E-state index contributed by atoms with van der Waals surface area (Å²) in [6.07, 6.45) is 0. The van der Waals surface area contributed by atoms with E-state index >= 15 is 0 Å². The zero-order chi connectivity index (χ0) is 14.6. The van der Waals surface area contributed by atoms with Crippen molar-refractivity contribution >= 4 is 17.7 Å². The molecule has 0 bridgehead atoms. The van der Waals surface area contributed by atoms with Crippen LogP contribution in [0.25, 0.3) is 0 Å². The van der Waals surface area contributed by atoms with E-state index in [2.05, 4.69) is 15.6 Å². The van der Waals surface area contributed by atoms with Crippen molar-refractivity contribution in [1.82, 2.24) is 5.32 Å². The Bertz CT molecular complexity index is 500. The quantitative estimate of drug-likeness (QED) is 0.407. The van der Waals surface area contributed by atoms with Gasteiger partial charge in [0.05, 0.1) is 5.69 Å². The number of hydrogen-bond donors (Lipinski definition) is 5. The van der Waals surface area contributed by atoms with E-state index in [0.717, 1.165) is 0 Å². The highest BCUT2D eigenvalue weighted by Gasteiger charge is 2.14. The molecule has 0 heterocycles. The largest absolute Gasteiger partial charge is 0.507 e. The zero-order valence-corrected chi connectivity index (χ0v) is 11.1. The third-order valence-corrected chi connectivity index (χ3v) is 2.60. The predicted molar refractivity (Wildman–Crippen MR) is 73.6 cm³/mol. The van der Waals surface area contributed by atoms with Gasteiger partial charge in [-0.25, -0.2) is 4.79 Å². The summed E-state index contributed by atoms with van der Waals surface area (Å²) in [5.74, 6) is -0.207. The van der Waals surface area contributed by atoms with E-state index in [4.69, 9.17) is 5.73 Å². The molecule has 0 aromatic heterocycles. The maximum Gasteiger partial charge on any atom is 0.326 e. The Morgan fingerprint density at radius 1 is 1.32 bits per heavy atom. The second-order valence-corrected chi connectivity index (χ2v) is 3.98. The van der Waals surface area contributed by atoms with Crippen molar-refractivity contribution in [3.8, 4) is 11.5 Å². The fraction of sp³-hybridized carbons (Fsp3) is 0.333. The summed E-state index contributed by atoms with van der Waals surface area (Å²) in [5, 5.41) is 24.1. The van der Waals surface area contributed by atoms with Gasteiger partial charge in [-0.05, 0) is 20.8 Å². The molecule has 0 fully saturated rings. The van der Waals surface area contributed by atoms with Gasteiger partial charge in [0.25, 0.3) is 0 Å². The molecular weight excluding hydrogens is 248 g/mol. The molecule has 104 valence electrons. The highest BCUT2D eigenvalue weighted by atomic mass is 16.3. The molecule has 6 N–H and O–H groups in total. The SMILES string of the molecule is CCN=C(N)NC(=O)Nc1c(C)c(O)cc(O)c1C. The molecule has 7 nitrogen and oxygen atoms in total. The van der Waals surface area contributed by atoms with Gasteiger partial charge >= 0.3 is 6.03 Å². The fourth-order valence-corrected chi connectivity index (χ4v) is 1.54. The van der Waals surface area contributed by atoms with Crippen molar-refractivity contribution in [1.29, 1.82) is 0 Å². The first-order chi connectivity index (χ1) is 8.86. The highest BCUT2D eigenvalue weighted by Crippen LogP contribution is 2.34. The number of anilines is 1. The normalized spacial score (nSPS) is 11.2. The molecule has 19 heavy (non-hydrogen) atoms. The van der Waals surface area contributed by atoms with Crippen LogP contribution in [-0.4, -0.2) is 28.7 Å². The molecule has 0 aliphatic heterocycles. The highest BCUT2D eigenvalue weighted by molar-refractivity contribution is 6.02. The van der Waals surface area contributed by atoms with Crippen molar-refractivity contribution in [2.45, 2.75) is 20.8 Å². The lowest BCUT2D eigenvalue weighted by atomic mass is 10.1. The van der Waals surface area contributed by atoms with Gasteiger partial charge in [0.15, 0.2) is 5.96 Å². The number of guanidine groups is 1. The van der Waals surface area contributed by atoms with E-state index in [1.165, 1.54) is 6.07 Å². The number of benzene rings is 1. The predicted octanol–water partition coefficient (Wildman–Crippen LogP) is 1.17. The first-order valence-electron chi connectivity index (χ1n) is 5.76. The second kappa shape index (κ2) is 5.94. The molecule has 0 spiro atoms. The van der Waals surface area contributed by atoms with Crippen molar-refractivity contribution in [2.24, 2.45) is 10.7 Å². The summed E-state index contributed by atoms with van der Waals surface area (Å²) in [5.41, 5.74) is 6.70. The number of hydrogen-bond acceptors (Lipinski definition) is 4. The van der Waals surface area contributed by atoms with Gasteiger partial charge in [-0.1, -0.05) is 0 Å². The number of phenols is 2. The van der Waals surface area contributed by atoms with Gasteiger partial charge < -0.3 is 21.3 Å². The van der Waals surface area contributed by atoms with Crippen LogP contribution in [-0.2, 0) is 0 Å². The van der Waals surface area contributed by atoms with Crippen LogP contribution in [0.4, 0.5) is 10.5 Å². The minimum Gasteiger partial charge on any atom is -0.507 e. The van der Waals surface area contributed by atoms with Gasteiger partial charge in [0.2, 0.25) is 0 Å². The van der Waals surface area contributed by atoms with Crippen LogP contribution in [0.3, 0.4) is 0 Å². The van der Waals surface area contributed by atoms with Crippen LogP contribution in [0.1, 0.15) is 18.1 Å². The second-order valence-electron chi connectivity index (χ2n) is 3.98. The van der Waals surface area contributed by atoms with Gasteiger partial charge in [-0.3, -0.25) is 10.3 Å². The number of nitrogens with one attached hydrogen (secondary N) is 2. The molecular formula is C12H18N4O3. The zero-order valence-electron chi connectivity index (χ0n) is 11.1. The Morgan fingerprint density at radius 3 is 2.32 bits per heavy atom. The molecule has 2 amide bonds. The lowest BCUT2D eigenvalue weighted by Crippen LogP contribution is -2.39. The van der Waals surface area contributed by atoms with E-state index in [1.54, 1.807) is 20.8 Å². The number of carbonyl (C=O) groups is 1. The average molecular weight is 266 g/mol. The third-order valence-electron chi connectivity index (χ3n) is 2.60. The van der Waals surface area contributed by atoms with E-state index in [-0.39, 0.29) is 17.5 Å². The first kappa shape index (κ1) is 14.6. The molecule has 7 heteroatoms. The van der Waals surface area contributed by atoms with Crippen LogP contribution in [0.5, 0.6) is 11.5 Å². The monoisotopic (exact) mass is 266 g/mol. The Kier molecular flexibility index (Phi) is 4.57. The van der Waals surface area contributed by atoms with Gasteiger partial charge in [-0.2, -0.15) is 0 Å². The molecule has 0 atom stereocenters. The Balaban J connectivity index is 2.94. The number of nitrogens with two attached hydrogens (primary N) is 1. The molecule has 1 rings (SSSR count). The summed E-state index contributed by atoms with van der Waals surface area (Å²) in [4.78, 5) is 15.5. The first-order valence-corrected chi connectivity index (χ1v) is 5.76. The summed E-state index contributed by atoms with van der Waals surface area (Å²) in [6, 6.07) is 0.631. The van der Waals surface area contributed by atoms with Crippen molar-refractivity contribution in [3.05, 3.63) is 17.2 Å². The number of aliphatic imine (C=N–C) groups is 1. The number of carbonyl (C=O) groups excluding carboxylic acids is 1. The number of aromatic hydroxyl groups is 2. The van der Waals surface area contributed by atoms with Gasteiger partial charge in [0.1, 0.15) is 11.5 Å². The number of urea groups is 1. The summed E-state index contributed by atoms with van der Waals surface area (Å²) in [7, 11) is 0. The molecule has 0 saturated carbocycles. The van der Waals surface area contributed by atoms with Crippen LogP contribution >= 0.6 is 0 Å². The maximum atomic E-state index is 11.7. The Hall–Kier alpha value is -2.44. The lowest BCUT2D eigenvalue weighted by Gasteiger charge is -2.14. The molecule has 0 aliphatic rings. The van der Waals surface area contributed by atoms with Crippen LogP contribution in [0.2, 0.25) is 0 Å². The molecule has 1 aromatic carbocycles. The molecule has 0 radical (unpaired) electrons. The number of phenolic OH excluding ortho intramolecular Hbond substituents is 2. The minimum atomic E-state index is -0.592. The Labute approximate surface area is 111 Å². The van der Waals surface area contributed by atoms with Gasteiger partial charge in [0, 0.05) is 23.7 Å². The van der Waals surface area contributed by atoms with Crippen LogP contribution in [0, 0.1) is 13.8 Å². The van der Waals surface area contributed by atoms with Crippen LogP contribution < -0.4 is 16.4 Å². The molecule has 0 saturated heterocycles. The van der Waals surface area contributed by atoms with E-state index in [1.807, 2.05) is 0 Å². The van der Waals surface area contributed by atoms with E-state index in [0.29, 0.717) is 23.4 Å². The molecule has 0 unspecified atom stereocenters. The topological polar surface area (TPSA) is 120 Å².